The summed E-state index contributed by atoms with van der Waals surface area (Å²) in [6, 6.07) is 20.0. The first kappa shape index (κ1) is 22.2. The van der Waals surface area contributed by atoms with Crippen LogP contribution in [0.3, 0.4) is 0 Å². The van der Waals surface area contributed by atoms with Crippen molar-refractivity contribution in [3.8, 4) is 0 Å². The zero-order valence-electron chi connectivity index (χ0n) is 17.5. The van der Waals surface area contributed by atoms with Crippen LogP contribution in [0.15, 0.2) is 84.2 Å². The van der Waals surface area contributed by atoms with Crippen LogP contribution in [-0.4, -0.2) is 11.8 Å². The molecule has 2 aromatic carbocycles. The van der Waals surface area contributed by atoms with E-state index in [0.29, 0.717) is 12.8 Å². The van der Waals surface area contributed by atoms with E-state index in [0.717, 1.165) is 18.5 Å². The highest BCUT2D eigenvalue weighted by atomic mass is 16.2. The first-order valence-electron chi connectivity index (χ1n) is 9.97. The Kier molecular flexibility index (Phi) is 8.90. The number of hydrogen-bond donors (Lipinski definition) is 1. The van der Waals surface area contributed by atoms with E-state index in [2.05, 4.69) is 31.3 Å². The van der Waals surface area contributed by atoms with E-state index in [-0.39, 0.29) is 11.8 Å². The van der Waals surface area contributed by atoms with E-state index in [9.17, 15) is 9.59 Å². The lowest BCUT2D eigenvalue weighted by Crippen LogP contribution is -2.28. The lowest BCUT2D eigenvalue weighted by Gasteiger charge is -2.23. The molecule has 0 aliphatic carbocycles. The molecule has 0 radical (unpaired) electrons. The van der Waals surface area contributed by atoms with Crippen molar-refractivity contribution < 1.29 is 9.59 Å². The number of anilines is 1. The van der Waals surface area contributed by atoms with Crippen molar-refractivity contribution in [2.75, 3.05) is 4.90 Å². The van der Waals surface area contributed by atoms with Gasteiger partial charge in [-0.1, -0.05) is 65.2 Å². The number of rotatable bonds is 1. The van der Waals surface area contributed by atoms with Gasteiger partial charge in [0, 0.05) is 30.9 Å². The molecule has 0 fully saturated rings. The van der Waals surface area contributed by atoms with Gasteiger partial charge in [-0.2, -0.15) is 0 Å². The molecule has 0 atom stereocenters. The van der Waals surface area contributed by atoms with Gasteiger partial charge in [0.2, 0.25) is 11.8 Å². The molecule has 1 N–H and O–H groups in total. The Morgan fingerprint density at radius 3 is 1.79 bits per heavy atom. The Labute approximate surface area is 173 Å². The quantitative estimate of drug-likeness (QED) is 0.698. The molecule has 4 rings (SSSR count). The van der Waals surface area contributed by atoms with Gasteiger partial charge in [-0.3, -0.25) is 14.5 Å². The Morgan fingerprint density at radius 1 is 0.724 bits per heavy atom. The van der Waals surface area contributed by atoms with Gasteiger partial charge in [0.05, 0.1) is 0 Å². The summed E-state index contributed by atoms with van der Waals surface area (Å²) < 4.78 is 0. The fourth-order valence-corrected chi connectivity index (χ4v) is 2.78. The minimum atomic E-state index is 0.135. The summed E-state index contributed by atoms with van der Waals surface area (Å²) in [6.07, 6.45) is 6.79. The number of aryl methyl sites for hydroxylation is 1. The molecular weight excluding hydrogens is 360 g/mol. The molecule has 2 aliphatic rings. The monoisotopic (exact) mass is 390 g/mol. The van der Waals surface area contributed by atoms with E-state index in [1.54, 1.807) is 11.1 Å². The molecule has 2 heterocycles. The number of nitrogens with one attached hydrogen (secondary N) is 1. The van der Waals surface area contributed by atoms with Crippen LogP contribution in [0.4, 0.5) is 5.69 Å². The molecule has 2 aromatic rings. The van der Waals surface area contributed by atoms with Crippen molar-refractivity contribution in [1.29, 1.82) is 0 Å². The Bertz CT molecular complexity index is 855. The number of amides is 2. The molecule has 0 saturated heterocycles. The van der Waals surface area contributed by atoms with Gasteiger partial charge >= 0.3 is 0 Å². The molecule has 0 saturated carbocycles. The summed E-state index contributed by atoms with van der Waals surface area (Å²) >= 11 is 0. The van der Waals surface area contributed by atoms with Gasteiger partial charge in [-0.15, -0.1) is 0 Å². The van der Waals surface area contributed by atoms with Crippen molar-refractivity contribution in [3.63, 3.8) is 0 Å². The molecule has 0 bridgehead atoms. The van der Waals surface area contributed by atoms with Gasteiger partial charge in [0.25, 0.3) is 0 Å². The fourth-order valence-electron chi connectivity index (χ4n) is 2.78. The maximum Gasteiger partial charge on any atom is 0.231 e. The molecule has 29 heavy (non-hydrogen) atoms. The largest absolute Gasteiger partial charge is 0.333 e. The molecule has 0 unspecified atom stereocenters. The van der Waals surface area contributed by atoms with Gasteiger partial charge in [0.15, 0.2) is 0 Å². The summed E-state index contributed by atoms with van der Waals surface area (Å²) in [5.41, 5.74) is 4.79. The van der Waals surface area contributed by atoms with E-state index in [1.807, 2.05) is 61.7 Å². The highest BCUT2D eigenvalue weighted by Gasteiger charge is 2.17. The number of nitrogens with zero attached hydrogens (tertiary/aromatic N) is 1. The minimum Gasteiger partial charge on any atom is -0.333 e. The summed E-state index contributed by atoms with van der Waals surface area (Å²) in [5, 5.41) is 2.63. The first-order chi connectivity index (χ1) is 14.0. The van der Waals surface area contributed by atoms with E-state index < -0.39 is 0 Å². The summed E-state index contributed by atoms with van der Waals surface area (Å²) in [6.45, 7) is 6.15. The van der Waals surface area contributed by atoms with Crippen molar-refractivity contribution >= 4 is 17.5 Å². The van der Waals surface area contributed by atoms with Crippen molar-refractivity contribution in [2.45, 2.75) is 46.5 Å². The second-order valence-electron chi connectivity index (χ2n) is 7.29. The van der Waals surface area contributed by atoms with Crippen LogP contribution in [0.1, 0.15) is 45.1 Å². The Hall–Kier alpha value is -3.14. The molecule has 4 nitrogen and oxygen atoms in total. The summed E-state index contributed by atoms with van der Waals surface area (Å²) in [4.78, 5) is 23.8. The Morgan fingerprint density at radius 2 is 1.31 bits per heavy atom. The number of benzene rings is 2. The highest BCUT2D eigenvalue weighted by molar-refractivity contribution is 5.96. The zero-order chi connectivity index (χ0) is 21.1. The van der Waals surface area contributed by atoms with Crippen molar-refractivity contribution in [2.24, 2.45) is 0 Å². The van der Waals surface area contributed by atoms with Crippen LogP contribution in [-0.2, 0) is 9.59 Å². The molecule has 2 amide bonds. The number of hydrogen-bond acceptors (Lipinski definition) is 2. The smallest absolute Gasteiger partial charge is 0.231 e. The van der Waals surface area contributed by atoms with Gasteiger partial charge in [-0.25, -0.2) is 0 Å². The summed E-state index contributed by atoms with van der Waals surface area (Å²) in [7, 11) is 0. The number of carbonyl (C=O) groups is 2. The van der Waals surface area contributed by atoms with Crippen LogP contribution in [0.25, 0.3) is 0 Å². The average molecular weight is 391 g/mol. The molecule has 0 spiro atoms. The van der Waals surface area contributed by atoms with Gasteiger partial charge < -0.3 is 5.32 Å². The normalized spacial score (nSPS) is 15.6. The second kappa shape index (κ2) is 11.6. The van der Waals surface area contributed by atoms with Crippen LogP contribution >= 0.6 is 0 Å². The maximum absolute atomic E-state index is 11.6. The topological polar surface area (TPSA) is 49.4 Å². The average Bonchev–Trinajstić information content (AvgIpc) is 2.74. The van der Waals surface area contributed by atoms with Gasteiger partial charge in [-0.05, 0) is 45.7 Å². The maximum atomic E-state index is 11.6. The number of para-hydroxylation sites is 1. The van der Waals surface area contributed by atoms with E-state index >= 15 is 0 Å². The zero-order valence-corrected chi connectivity index (χ0v) is 17.5. The molecule has 2 aliphatic heterocycles. The third-order valence-electron chi connectivity index (χ3n) is 4.55. The summed E-state index contributed by atoms with van der Waals surface area (Å²) in [5.74, 6) is 0.317. The van der Waals surface area contributed by atoms with Crippen molar-refractivity contribution in [1.82, 2.24) is 5.32 Å². The molecule has 152 valence electrons. The fraction of sp³-hybridized carbons (Fsp3) is 0.280. The minimum absolute atomic E-state index is 0.135. The van der Waals surface area contributed by atoms with Crippen LogP contribution < -0.4 is 10.2 Å². The van der Waals surface area contributed by atoms with Crippen LogP contribution in [0.5, 0.6) is 0 Å². The predicted molar refractivity (Wildman–Crippen MR) is 119 cm³/mol. The molecular formula is C25H30N2O2. The van der Waals surface area contributed by atoms with E-state index in [4.69, 9.17) is 0 Å². The molecule has 0 aromatic heterocycles. The third kappa shape index (κ3) is 8.18. The molecule has 4 heteroatoms. The lowest BCUT2D eigenvalue weighted by atomic mass is 10.1. The lowest BCUT2D eigenvalue weighted by molar-refractivity contribution is -0.120. The van der Waals surface area contributed by atoms with E-state index in [1.165, 1.54) is 16.7 Å². The first-order valence-corrected chi connectivity index (χ1v) is 9.97. The SMILES string of the molecule is CC1=CN(c2ccccc2)C(=O)CC1.CC1=CNC(=O)CC1.Cc1ccccc1. The van der Waals surface area contributed by atoms with Crippen LogP contribution in [0, 0.1) is 6.92 Å². The second-order valence-corrected chi connectivity index (χ2v) is 7.29. The van der Waals surface area contributed by atoms with Crippen molar-refractivity contribution in [3.05, 3.63) is 89.8 Å². The predicted octanol–water partition coefficient (Wildman–Crippen LogP) is 5.51. The number of carbonyl (C=O) groups excluding carboxylic acids is 2. The number of allylic oxidation sites excluding steroid dienone is 2. The third-order valence-corrected chi connectivity index (χ3v) is 4.55. The standard InChI is InChI=1S/C12H13NO.C7H8.C6H9NO/c1-10-7-8-12(14)13(9-10)11-5-3-2-4-6-11;1-7-5-3-2-4-6-7;1-5-2-3-6(8)7-4-5/h2-6,9H,7-8H2,1H3;2-6H,1H3;4H,2-3H2,1H3,(H,7,8). The Balaban J connectivity index is 0.000000170. The van der Waals surface area contributed by atoms with Gasteiger partial charge in [0.1, 0.15) is 0 Å². The van der Waals surface area contributed by atoms with Crippen LogP contribution in [0.2, 0.25) is 0 Å². The highest BCUT2D eigenvalue weighted by Crippen LogP contribution is 2.22.